The van der Waals surface area contributed by atoms with Crippen LogP contribution < -0.4 is 4.90 Å². The van der Waals surface area contributed by atoms with Crippen LogP contribution in [0.25, 0.3) is 11.4 Å². The van der Waals surface area contributed by atoms with Gasteiger partial charge in [0.1, 0.15) is 11.4 Å². The van der Waals surface area contributed by atoms with E-state index in [1.165, 1.54) is 0 Å². The van der Waals surface area contributed by atoms with E-state index in [0.717, 1.165) is 31.5 Å². The van der Waals surface area contributed by atoms with Gasteiger partial charge < -0.3 is 14.2 Å². The van der Waals surface area contributed by atoms with E-state index in [-0.39, 0.29) is 12.5 Å². The second-order valence-corrected chi connectivity index (χ2v) is 6.02. The lowest BCUT2D eigenvalue weighted by Crippen LogP contribution is -2.22. The molecular formula is C19H18N4O3. The number of ether oxygens (including phenoxy) is 1. The number of benzene rings is 1. The highest BCUT2D eigenvalue weighted by Crippen LogP contribution is 2.23. The Balaban J connectivity index is 1.44. The van der Waals surface area contributed by atoms with E-state index in [0.29, 0.717) is 17.2 Å². The number of hydrogen-bond acceptors (Lipinski definition) is 7. The highest BCUT2D eigenvalue weighted by Gasteiger charge is 2.22. The van der Waals surface area contributed by atoms with Crippen LogP contribution in [-0.4, -0.2) is 34.2 Å². The minimum Gasteiger partial charge on any atom is -0.452 e. The van der Waals surface area contributed by atoms with Gasteiger partial charge in [-0.05, 0) is 25.0 Å². The molecule has 0 atom stereocenters. The molecule has 0 saturated carbocycles. The van der Waals surface area contributed by atoms with Crippen molar-refractivity contribution in [1.82, 2.24) is 15.1 Å². The zero-order chi connectivity index (χ0) is 17.8. The quantitative estimate of drug-likeness (QED) is 0.654. The molecule has 0 amide bonds. The Hall–Kier alpha value is -3.22. The molecule has 1 saturated heterocycles. The lowest BCUT2D eigenvalue weighted by molar-refractivity contribution is 0.0430. The van der Waals surface area contributed by atoms with Crippen molar-refractivity contribution in [3.63, 3.8) is 0 Å². The predicted molar refractivity (Wildman–Crippen MR) is 94.5 cm³/mol. The number of esters is 1. The molecule has 0 spiro atoms. The Morgan fingerprint density at radius 1 is 1.12 bits per heavy atom. The molecular weight excluding hydrogens is 332 g/mol. The Kier molecular flexibility index (Phi) is 4.59. The number of nitrogens with zero attached hydrogens (tertiary/aromatic N) is 4. The first-order valence-electron chi connectivity index (χ1n) is 8.56. The van der Waals surface area contributed by atoms with E-state index in [1.54, 1.807) is 18.3 Å². The molecule has 0 bridgehead atoms. The Labute approximate surface area is 150 Å². The Morgan fingerprint density at radius 3 is 2.73 bits per heavy atom. The summed E-state index contributed by atoms with van der Waals surface area (Å²) in [5, 5.41) is 3.92. The molecule has 0 radical (unpaired) electrons. The lowest BCUT2D eigenvalue weighted by atomic mass is 10.2. The molecule has 7 nitrogen and oxygen atoms in total. The highest BCUT2D eigenvalue weighted by atomic mass is 16.6. The molecule has 26 heavy (non-hydrogen) atoms. The van der Waals surface area contributed by atoms with E-state index in [9.17, 15) is 4.79 Å². The van der Waals surface area contributed by atoms with Crippen LogP contribution >= 0.6 is 0 Å². The fourth-order valence-corrected chi connectivity index (χ4v) is 2.96. The maximum Gasteiger partial charge on any atom is 0.342 e. The van der Waals surface area contributed by atoms with Gasteiger partial charge in [0.15, 0.2) is 6.61 Å². The zero-order valence-corrected chi connectivity index (χ0v) is 14.2. The summed E-state index contributed by atoms with van der Waals surface area (Å²) >= 11 is 0. The Bertz CT molecular complexity index is 889. The molecule has 3 aromatic rings. The summed E-state index contributed by atoms with van der Waals surface area (Å²) in [6.45, 7) is 1.73. The van der Waals surface area contributed by atoms with Gasteiger partial charge in [0, 0.05) is 24.8 Å². The van der Waals surface area contributed by atoms with Crippen molar-refractivity contribution in [2.45, 2.75) is 19.4 Å². The number of aromatic nitrogens is 3. The van der Waals surface area contributed by atoms with Crippen LogP contribution in [0.4, 0.5) is 5.82 Å². The van der Waals surface area contributed by atoms with Crippen molar-refractivity contribution in [2.24, 2.45) is 0 Å². The monoisotopic (exact) mass is 350 g/mol. The second kappa shape index (κ2) is 7.35. The maximum absolute atomic E-state index is 12.5. The fourth-order valence-electron chi connectivity index (χ4n) is 2.96. The number of anilines is 1. The first kappa shape index (κ1) is 16.3. The molecule has 2 aromatic heterocycles. The smallest absolute Gasteiger partial charge is 0.342 e. The third-order valence-corrected chi connectivity index (χ3v) is 4.24. The summed E-state index contributed by atoms with van der Waals surface area (Å²) in [6.07, 6.45) is 3.90. The molecule has 0 unspecified atom stereocenters. The first-order valence-corrected chi connectivity index (χ1v) is 8.56. The summed E-state index contributed by atoms with van der Waals surface area (Å²) in [5.74, 6) is 0.949. The van der Waals surface area contributed by atoms with Gasteiger partial charge in [-0.1, -0.05) is 35.5 Å². The minimum absolute atomic E-state index is 0.0764. The maximum atomic E-state index is 12.5. The van der Waals surface area contributed by atoms with Crippen molar-refractivity contribution in [2.75, 3.05) is 18.0 Å². The molecule has 132 valence electrons. The molecule has 4 rings (SSSR count). The van der Waals surface area contributed by atoms with Gasteiger partial charge in [-0.25, -0.2) is 9.78 Å². The number of carbonyl (C=O) groups is 1. The summed E-state index contributed by atoms with van der Waals surface area (Å²) in [4.78, 5) is 23.2. The standard InChI is InChI=1S/C19H18N4O3/c24-19(15-9-6-10-20-18(15)23-11-4-5-12-23)25-13-16-21-17(22-26-16)14-7-2-1-3-8-14/h1-3,6-10H,4-5,11-13H2. The Morgan fingerprint density at radius 2 is 1.92 bits per heavy atom. The van der Waals surface area contributed by atoms with Crippen molar-refractivity contribution in [1.29, 1.82) is 0 Å². The normalized spacial score (nSPS) is 13.8. The zero-order valence-electron chi connectivity index (χ0n) is 14.2. The molecule has 1 aliphatic rings. The number of pyridine rings is 1. The van der Waals surface area contributed by atoms with Gasteiger partial charge in [-0.15, -0.1) is 0 Å². The van der Waals surface area contributed by atoms with E-state index in [4.69, 9.17) is 9.26 Å². The summed E-state index contributed by atoms with van der Waals surface area (Å²) in [7, 11) is 0. The van der Waals surface area contributed by atoms with Gasteiger partial charge in [0.25, 0.3) is 5.89 Å². The van der Waals surface area contributed by atoms with Gasteiger partial charge >= 0.3 is 5.97 Å². The number of carbonyl (C=O) groups excluding carboxylic acids is 1. The van der Waals surface area contributed by atoms with E-state index in [1.807, 2.05) is 30.3 Å². The predicted octanol–water partition coefficient (Wildman–Crippen LogP) is 3.09. The van der Waals surface area contributed by atoms with Crippen LogP contribution in [0.1, 0.15) is 29.1 Å². The van der Waals surface area contributed by atoms with Crippen LogP contribution in [-0.2, 0) is 11.3 Å². The van der Waals surface area contributed by atoms with Crippen LogP contribution in [0.2, 0.25) is 0 Å². The average Bonchev–Trinajstić information content (AvgIpc) is 3.39. The molecule has 3 heterocycles. The third kappa shape index (κ3) is 3.42. The second-order valence-electron chi connectivity index (χ2n) is 6.02. The van der Waals surface area contributed by atoms with Crippen molar-refractivity contribution in [3.05, 3.63) is 60.1 Å². The fraction of sp³-hybridized carbons (Fsp3) is 0.263. The molecule has 0 aliphatic carbocycles. The molecule has 1 fully saturated rings. The van der Waals surface area contributed by atoms with Gasteiger partial charge in [-0.3, -0.25) is 0 Å². The molecule has 7 heteroatoms. The van der Waals surface area contributed by atoms with Crippen molar-refractivity contribution < 1.29 is 14.1 Å². The first-order chi connectivity index (χ1) is 12.8. The van der Waals surface area contributed by atoms with Crippen LogP contribution in [0.3, 0.4) is 0 Å². The summed E-state index contributed by atoms with van der Waals surface area (Å²) < 4.78 is 10.5. The van der Waals surface area contributed by atoms with E-state index in [2.05, 4.69) is 20.0 Å². The highest BCUT2D eigenvalue weighted by molar-refractivity contribution is 5.94. The molecule has 1 aromatic carbocycles. The SMILES string of the molecule is O=C(OCc1nc(-c2ccccc2)no1)c1cccnc1N1CCCC1. The minimum atomic E-state index is -0.445. The topological polar surface area (TPSA) is 81.3 Å². The summed E-state index contributed by atoms with van der Waals surface area (Å²) in [5.41, 5.74) is 1.30. The van der Waals surface area contributed by atoms with Crippen molar-refractivity contribution in [3.8, 4) is 11.4 Å². The average molecular weight is 350 g/mol. The molecule has 0 N–H and O–H groups in total. The van der Waals surface area contributed by atoms with Crippen LogP contribution in [0.5, 0.6) is 0 Å². The number of rotatable bonds is 5. The summed E-state index contributed by atoms with van der Waals surface area (Å²) in [6, 6.07) is 12.9. The van der Waals surface area contributed by atoms with Crippen molar-refractivity contribution >= 4 is 11.8 Å². The lowest BCUT2D eigenvalue weighted by Gasteiger charge is -2.18. The largest absolute Gasteiger partial charge is 0.452 e. The number of hydrogen-bond donors (Lipinski definition) is 0. The van der Waals surface area contributed by atoms with Gasteiger partial charge in [0.05, 0.1) is 0 Å². The van der Waals surface area contributed by atoms with Crippen LogP contribution in [0, 0.1) is 0 Å². The van der Waals surface area contributed by atoms with E-state index >= 15 is 0 Å². The third-order valence-electron chi connectivity index (χ3n) is 4.24. The van der Waals surface area contributed by atoms with Gasteiger partial charge in [-0.2, -0.15) is 4.98 Å². The van der Waals surface area contributed by atoms with E-state index < -0.39 is 5.97 Å². The van der Waals surface area contributed by atoms with Crippen LogP contribution in [0.15, 0.2) is 53.2 Å². The molecule has 1 aliphatic heterocycles. The van der Waals surface area contributed by atoms with Gasteiger partial charge in [0.2, 0.25) is 5.82 Å².